The average molecular weight is 298 g/mol. The monoisotopic (exact) mass is 298 g/mol. The Morgan fingerprint density at radius 3 is 2.85 bits per heavy atom. The minimum Gasteiger partial charge on any atom is -0.368 e. The maximum atomic E-state index is 11.4. The van der Waals surface area contributed by atoms with Crippen LogP contribution < -0.4 is 11.1 Å². The van der Waals surface area contributed by atoms with Gasteiger partial charge in [-0.2, -0.15) is 0 Å². The first-order valence-corrected chi connectivity index (χ1v) is 7.95. The predicted octanol–water partition coefficient (Wildman–Crippen LogP) is 0.734. The third kappa shape index (κ3) is 3.29. The van der Waals surface area contributed by atoms with Gasteiger partial charge in [0.25, 0.3) is 0 Å². The third-order valence-corrected chi connectivity index (χ3v) is 5.00. The molecule has 1 aromatic heterocycles. The molecule has 1 fully saturated rings. The molecule has 0 radical (unpaired) electrons. The molecular formula is C12H22N6OS. The zero-order valence-electron chi connectivity index (χ0n) is 12.0. The second kappa shape index (κ2) is 6.53. The number of nitrogens with two attached hydrogens (primary N) is 1. The lowest BCUT2D eigenvalue weighted by Crippen LogP contribution is -2.51. The number of nitrogens with zero attached hydrogens (tertiary/aromatic N) is 4. The molecule has 0 bridgehead atoms. The number of hydrogen-bond acceptors (Lipinski definition) is 6. The number of tetrazole rings is 1. The van der Waals surface area contributed by atoms with Crippen LogP contribution in [0.4, 0.5) is 0 Å². The Morgan fingerprint density at radius 1 is 1.55 bits per heavy atom. The Morgan fingerprint density at radius 2 is 2.25 bits per heavy atom. The summed E-state index contributed by atoms with van der Waals surface area (Å²) in [4.78, 5) is 11.4. The highest BCUT2D eigenvalue weighted by molar-refractivity contribution is 7.99. The SMILES string of the molecule is CNC(C)(CCSc1nnnn1C1CCCC1)C(N)=O. The molecule has 112 valence electrons. The van der Waals surface area contributed by atoms with Gasteiger partial charge in [0.1, 0.15) is 0 Å². The fourth-order valence-corrected chi connectivity index (χ4v) is 3.48. The molecule has 1 atom stereocenters. The molecule has 0 spiro atoms. The van der Waals surface area contributed by atoms with Crippen molar-refractivity contribution in [3.05, 3.63) is 0 Å². The number of primary amides is 1. The minimum absolute atomic E-state index is 0.337. The van der Waals surface area contributed by atoms with Crippen LogP contribution in [0.5, 0.6) is 0 Å². The number of carbonyl (C=O) groups excluding carboxylic acids is 1. The molecule has 1 aliphatic rings. The van der Waals surface area contributed by atoms with Crippen molar-refractivity contribution in [1.29, 1.82) is 0 Å². The van der Waals surface area contributed by atoms with Gasteiger partial charge in [-0.25, -0.2) is 4.68 Å². The van der Waals surface area contributed by atoms with Crippen LogP contribution in [0.3, 0.4) is 0 Å². The number of aromatic nitrogens is 4. The molecule has 1 unspecified atom stereocenters. The fourth-order valence-electron chi connectivity index (χ4n) is 2.38. The topological polar surface area (TPSA) is 98.7 Å². The van der Waals surface area contributed by atoms with Crippen molar-refractivity contribution >= 4 is 17.7 Å². The summed E-state index contributed by atoms with van der Waals surface area (Å²) >= 11 is 1.58. The van der Waals surface area contributed by atoms with Crippen LogP contribution in [-0.2, 0) is 4.79 Å². The normalized spacial score (nSPS) is 19.1. The van der Waals surface area contributed by atoms with E-state index in [4.69, 9.17) is 5.73 Å². The van der Waals surface area contributed by atoms with E-state index in [9.17, 15) is 4.79 Å². The molecule has 0 aliphatic heterocycles. The first-order chi connectivity index (χ1) is 9.57. The number of thioether (sulfide) groups is 1. The molecule has 2 rings (SSSR count). The summed E-state index contributed by atoms with van der Waals surface area (Å²) in [5.41, 5.74) is 4.73. The molecule has 0 aromatic carbocycles. The van der Waals surface area contributed by atoms with Gasteiger partial charge >= 0.3 is 0 Å². The summed E-state index contributed by atoms with van der Waals surface area (Å²) in [6.45, 7) is 1.82. The van der Waals surface area contributed by atoms with Crippen LogP contribution in [0.15, 0.2) is 5.16 Å². The van der Waals surface area contributed by atoms with Crippen molar-refractivity contribution in [2.75, 3.05) is 12.8 Å². The second-order valence-corrected chi connectivity index (χ2v) is 6.45. The first kappa shape index (κ1) is 15.2. The lowest BCUT2D eigenvalue weighted by Gasteiger charge is -2.24. The Bertz CT molecular complexity index is 459. The molecular weight excluding hydrogens is 276 g/mol. The molecule has 1 aliphatic carbocycles. The van der Waals surface area contributed by atoms with E-state index in [2.05, 4.69) is 20.8 Å². The lowest BCUT2D eigenvalue weighted by atomic mass is 9.99. The number of carbonyl (C=O) groups is 1. The molecule has 1 heterocycles. The molecule has 1 aromatic rings. The van der Waals surface area contributed by atoms with E-state index in [-0.39, 0.29) is 5.91 Å². The van der Waals surface area contributed by atoms with Gasteiger partial charge in [0.05, 0.1) is 11.6 Å². The summed E-state index contributed by atoms with van der Waals surface area (Å²) in [5, 5.41) is 15.8. The van der Waals surface area contributed by atoms with Gasteiger partial charge in [-0.05, 0) is 43.7 Å². The molecule has 3 N–H and O–H groups in total. The van der Waals surface area contributed by atoms with E-state index in [0.717, 1.165) is 23.8 Å². The van der Waals surface area contributed by atoms with Crippen LogP contribution in [-0.4, -0.2) is 44.5 Å². The van der Waals surface area contributed by atoms with Gasteiger partial charge in [-0.1, -0.05) is 24.6 Å². The highest BCUT2D eigenvalue weighted by atomic mass is 32.2. The van der Waals surface area contributed by atoms with Crippen molar-refractivity contribution in [3.63, 3.8) is 0 Å². The smallest absolute Gasteiger partial charge is 0.237 e. The predicted molar refractivity (Wildman–Crippen MR) is 77.3 cm³/mol. The second-order valence-electron chi connectivity index (χ2n) is 5.39. The molecule has 1 saturated carbocycles. The highest BCUT2D eigenvalue weighted by Crippen LogP contribution is 2.31. The van der Waals surface area contributed by atoms with Crippen molar-refractivity contribution in [3.8, 4) is 0 Å². The number of hydrogen-bond donors (Lipinski definition) is 2. The van der Waals surface area contributed by atoms with Crippen molar-refractivity contribution in [2.45, 2.75) is 55.8 Å². The standard InChI is InChI=1S/C12H22N6OS/c1-12(14-2,10(13)19)7-8-20-11-15-16-17-18(11)9-5-3-4-6-9/h9,14H,3-8H2,1-2H3,(H2,13,19). The zero-order valence-corrected chi connectivity index (χ0v) is 12.8. The average Bonchev–Trinajstić information content (AvgIpc) is 3.08. The number of nitrogens with one attached hydrogen (secondary N) is 1. The van der Waals surface area contributed by atoms with Gasteiger partial charge in [-0.15, -0.1) is 5.10 Å². The molecule has 20 heavy (non-hydrogen) atoms. The van der Waals surface area contributed by atoms with E-state index < -0.39 is 5.54 Å². The summed E-state index contributed by atoms with van der Waals surface area (Å²) < 4.78 is 1.93. The Balaban J connectivity index is 1.91. The van der Waals surface area contributed by atoms with E-state index in [1.807, 2.05) is 11.6 Å². The molecule has 1 amide bonds. The zero-order chi connectivity index (χ0) is 14.6. The van der Waals surface area contributed by atoms with Crippen LogP contribution in [0.25, 0.3) is 0 Å². The number of likely N-dealkylation sites (N-methyl/N-ethyl adjacent to an activating group) is 1. The molecule has 0 saturated heterocycles. The Kier molecular flexibility index (Phi) is 4.98. The van der Waals surface area contributed by atoms with Crippen molar-refractivity contribution in [2.24, 2.45) is 5.73 Å². The Labute approximate surface area is 123 Å². The maximum Gasteiger partial charge on any atom is 0.237 e. The summed E-state index contributed by atoms with van der Waals surface area (Å²) in [5.74, 6) is 0.406. The van der Waals surface area contributed by atoms with Gasteiger partial charge in [0, 0.05) is 5.75 Å². The quantitative estimate of drug-likeness (QED) is 0.720. The van der Waals surface area contributed by atoms with Crippen LogP contribution in [0.1, 0.15) is 45.1 Å². The van der Waals surface area contributed by atoms with Crippen LogP contribution >= 0.6 is 11.8 Å². The van der Waals surface area contributed by atoms with E-state index >= 15 is 0 Å². The van der Waals surface area contributed by atoms with Crippen molar-refractivity contribution < 1.29 is 4.79 Å². The lowest BCUT2D eigenvalue weighted by molar-refractivity contribution is -0.123. The van der Waals surface area contributed by atoms with E-state index in [1.54, 1.807) is 18.8 Å². The van der Waals surface area contributed by atoms with E-state index in [0.29, 0.717) is 12.5 Å². The van der Waals surface area contributed by atoms with E-state index in [1.165, 1.54) is 12.8 Å². The first-order valence-electron chi connectivity index (χ1n) is 6.96. The largest absolute Gasteiger partial charge is 0.368 e. The van der Waals surface area contributed by atoms with Gasteiger partial charge in [0.15, 0.2) is 0 Å². The summed E-state index contributed by atoms with van der Waals surface area (Å²) in [6, 6.07) is 0.430. The minimum atomic E-state index is -0.682. The number of amides is 1. The van der Waals surface area contributed by atoms with Gasteiger partial charge in [-0.3, -0.25) is 4.79 Å². The third-order valence-electron chi connectivity index (χ3n) is 4.06. The molecule has 7 nitrogen and oxygen atoms in total. The van der Waals surface area contributed by atoms with Crippen molar-refractivity contribution in [1.82, 2.24) is 25.5 Å². The van der Waals surface area contributed by atoms with Gasteiger partial charge < -0.3 is 11.1 Å². The van der Waals surface area contributed by atoms with Crippen LogP contribution in [0.2, 0.25) is 0 Å². The van der Waals surface area contributed by atoms with Crippen LogP contribution in [0, 0.1) is 0 Å². The summed E-state index contributed by atoms with van der Waals surface area (Å²) in [6.07, 6.45) is 5.42. The maximum absolute atomic E-state index is 11.4. The fraction of sp³-hybridized carbons (Fsp3) is 0.833. The summed E-state index contributed by atoms with van der Waals surface area (Å²) in [7, 11) is 1.75. The number of rotatable bonds is 7. The van der Waals surface area contributed by atoms with Gasteiger partial charge in [0.2, 0.25) is 11.1 Å². The highest BCUT2D eigenvalue weighted by Gasteiger charge is 2.29. The molecule has 8 heteroatoms. The Hall–Kier alpha value is -1.15.